The Morgan fingerprint density at radius 3 is 1.97 bits per heavy atom. The van der Waals surface area contributed by atoms with Crippen LogP contribution in [0.4, 0.5) is 0 Å². The summed E-state index contributed by atoms with van der Waals surface area (Å²) in [6.07, 6.45) is 12.7. The maximum Gasteiger partial charge on any atom is 1.00 e. The van der Waals surface area contributed by atoms with Crippen LogP contribution < -0.4 is 61.2 Å². The summed E-state index contributed by atoms with van der Waals surface area (Å²) in [7, 11) is -4.42. The summed E-state index contributed by atoms with van der Waals surface area (Å²) in [6.45, 7) is 2.23. The van der Waals surface area contributed by atoms with Gasteiger partial charge in [-0.2, -0.15) is 8.42 Å². The second-order valence-electron chi connectivity index (χ2n) is 7.69. The summed E-state index contributed by atoms with van der Waals surface area (Å²) >= 11 is 0. The molecule has 2 rings (SSSR count). The van der Waals surface area contributed by atoms with E-state index in [0.717, 1.165) is 19.3 Å². The van der Waals surface area contributed by atoms with Crippen molar-refractivity contribution in [3.63, 3.8) is 0 Å². The van der Waals surface area contributed by atoms with Crippen LogP contribution in [-0.4, -0.2) is 13.0 Å². The molecule has 0 saturated carbocycles. The number of hydrogen-bond donors (Lipinski definition) is 1. The Kier molecular flexibility index (Phi) is 14.2. The minimum Gasteiger partial charge on any atom is -0.872 e. The van der Waals surface area contributed by atoms with Gasteiger partial charge in [0.05, 0.1) is 0 Å². The van der Waals surface area contributed by atoms with Crippen LogP contribution in [0, 0.1) is 0 Å². The van der Waals surface area contributed by atoms with Gasteiger partial charge < -0.3 is 9.84 Å². The molecule has 7 heteroatoms. The van der Waals surface area contributed by atoms with Gasteiger partial charge in [-0.3, -0.25) is 4.55 Å². The molecule has 166 valence electrons. The largest absolute Gasteiger partial charge is 1.00 e. The van der Waals surface area contributed by atoms with Crippen LogP contribution in [0.3, 0.4) is 0 Å². The molecule has 0 atom stereocenters. The van der Waals surface area contributed by atoms with Crippen molar-refractivity contribution in [2.24, 2.45) is 0 Å². The number of rotatable bonds is 14. The number of para-hydroxylation sites is 1. The van der Waals surface area contributed by atoms with Gasteiger partial charge in [-0.1, -0.05) is 89.0 Å². The first kappa shape index (κ1) is 28.6. The number of hydrogen-bond acceptors (Lipinski definition) is 4. The topological polar surface area (TPSA) is 86.7 Å². The average molecular weight is 473 g/mol. The fraction of sp³-hybridized carbons (Fsp3) is 0.500. The predicted molar refractivity (Wildman–Crippen MR) is 118 cm³/mol. The molecule has 5 nitrogen and oxygen atoms in total. The van der Waals surface area contributed by atoms with Gasteiger partial charge in [-0.15, -0.1) is 5.75 Å². The van der Waals surface area contributed by atoms with Gasteiger partial charge in [-0.25, -0.2) is 0 Å². The SMILES string of the molecule is CCCCCCCCCCCCc1c([O-])cccc1Oc1ccccc1S(=O)(=O)O.[K+]. The smallest absolute Gasteiger partial charge is 0.872 e. The van der Waals surface area contributed by atoms with Crippen molar-refractivity contribution in [3.05, 3.63) is 48.0 Å². The number of unbranched alkanes of at least 4 members (excludes halogenated alkanes) is 9. The predicted octanol–water partition coefficient (Wildman–Crippen LogP) is 3.27. The van der Waals surface area contributed by atoms with E-state index in [1.807, 2.05) is 0 Å². The third-order valence-electron chi connectivity index (χ3n) is 5.22. The molecule has 31 heavy (non-hydrogen) atoms. The van der Waals surface area contributed by atoms with Crippen LogP contribution in [0.15, 0.2) is 47.4 Å². The van der Waals surface area contributed by atoms with Gasteiger partial charge in [0.2, 0.25) is 0 Å². The first-order chi connectivity index (χ1) is 14.4. The summed E-state index contributed by atoms with van der Waals surface area (Å²) in [4.78, 5) is -0.314. The zero-order valence-electron chi connectivity index (χ0n) is 18.8. The van der Waals surface area contributed by atoms with Crippen LogP contribution >= 0.6 is 0 Å². The van der Waals surface area contributed by atoms with Crippen LogP contribution in [0.1, 0.15) is 76.7 Å². The van der Waals surface area contributed by atoms with Gasteiger partial charge in [-0.05, 0) is 36.6 Å². The Morgan fingerprint density at radius 1 is 0.806 bits per heavy atom. The van der Waals surface area contributed by atoms with E-state index in [0.29, 0.717) is 17.7 Å². The maximum atomic E-state index is 12.4. The molecule has 0 bridgehead atoms. The van der Waals surface area contributed by atoms with E-state index in [1.54, 1.807) is 18.2 Å². The van der Waals surface area contributed by atoms with Crippen molar-refractivity contribution < 1.29 is 74.2 Å². The molecule has 0 heterocycles. The van der Waals surface area contributed by atoms with Crippen LogP contribution in [0.2, 0.25) is 0 Å². The van der Waals surface area contributed by atoms with Crippen LogP contribution in [0.25, 0.3) is 0 Å². The van der Waals surface area contributed by atoms with Crippen molar-refractivity contribution in [2.75, 3.05) is 0 Å². The fourth-order valence-electron chi connectivity index (χ4n) is 3.54. The third kappa shape index (κ3) is 10.4. The second kappa shape index (κ2) is 15.4. The molecule has 0 spiro atoms. The molecule has 0 amide bonds. The van der Waals surface area contributed by atoms with E-state index >= 15 is 0 Å². The molecular formula is C24H33KO5S. The minimum atomic E-state index is -4.42. The Labute approximate surface area is 229 Å². The van der Waals surface area contributed by atoms with Crippen molar-refractivity contribution in [3.8, 4) is 17.2 Å². The summed E-state index contributed by atoms with van der Waals surface area (Å²) in [5.74, 6) is 0.234. The van der Waals surface area contributed by atoms with Crippen molar-refractivity contribution in [2.45, 2.75) is 82.4 Å². The van der Waals surface area contributed by atoms with Crippen molar-refractivity contribution >= 4 is 10.1 Å². The van der Waals surface area contributed by atoms with Crippen LogP contribution in [0.5, 0.6) is 17.2 Å². The molecule has 2 aromatic rings. The van der Waals surface area contributed by atoms with E-state index < -0.39 is 10.1 Å². The molecule has 0 unspecified atom stereocenters. The zero-order valence-corrected chi connectivity index (χ0v) is 22.7. The Hall–Kier alpha value is -0.414. The number of benzene rings is 2. The van der Waals surface area contributed by atoms with Gasteiger partial charge in [0.25, 0.3) is 10.1 Å². The quantitative estimate of drug-likeness (QED) is 0.259. The average Bonchev–Trinajstić information content (AvgIpc) is 2.71. The van der Waals surface area contributed by atoms with Gasteiger partial charge in [0, 0.05) is 0 Å². The third-order valence-corrected chi connectivity index (χ3v) is 6.11. The molecule has 0 radical (unpaired) electrons. The summed E-state index contributed by atoms with van der Waals surface area (Å²) in [5, 5.41) is 12.4. The standard InChI is InChI=1S/C24H34O5S.K/c1-2-3-4-5-6-7-8-9-10-11-15-20-21(25)16-14-18-22(20)29-23-17-12-13-19-24(23)30(26,27)28;/h12-14,16-19,25H,2-11,15H2,1H3,(H,26,27,28);/q;+1/p-1. The van der Waals surface area contributed by atoms with Gasteiger partial charge in [0.1, 0.15) is 16.4 Å². The molecule has 0 aliphatic carbocycles. The molecular weight excluding hydrogens is 439 g/mol. The monoisotopic (exact) mass is 472 g/mol. The fourth-order valence-corrected chi connectivity index (χ4v) is 4.16. The zero-order chi connectivity index (χ0) is 21.8. The summed E-state index contributed by atoms with van der Waals surface area (Å²) in [6, 6.07) is 10.6. The Bertz CT molecular complexity index is 883. The van der Waals surface area contributed by atoms with E-state index in [9.17, 15) is 18.1 Å². The molecule has 0 aromatic heterocycles. The second-order valence-corrected chi connectivity index (χ2v) is 9.08. The van der Waals surface area contributed by atoms with E-state index in [4.69, 9.17) is 4.74 Å². The van der Waals surface area contributed by atoms with Crippen molar-refractivity contribution in [1.82, 2.24) is 0 Å². The summed E-state index contributed by atoms with van der Waals surface area (Å²) < 4.78 is 38.3. The Morgan fingerprint density at radius 2 is 1.35 bits per heavy atom. The van der Waals surface area contributed by atoms with Crippen molar-refractivity contribution in [1.29, 1.82) is 0 Å². The van der Waals surface area contributed by atoms with Crippen LogP contribution in [-0.2, 0) is 16.5 Å². The number of ether oxygens (including phenoxy) is 1. The Balaban J connectivity index is 0.00000480. The van der Waals surface area contributed by atoms with Gasteiger partial charge >= 0.3 is 51.4 Å². The molecule has 1 N–H and O–H groups in total. The summed E-state index contributed by atoms with van der Waals surface area (Å²) in [5.41, 5.74) is 0.544. The maximum absolute atomic E-state index is 12.4. The molecule has 0 fully saturated rings. The molecule has 0 saturated heterocycles. The van der Waals surface area contributed by atoms with E-state index in [2.05, 4.69) is 6.92 Å². The molecule has 2 aromatic carbocycles. The van der Waals surface area contributed by atoms with E-state index in [1.165, 1.54) is 69.2 Å². The van der Waals surface area contributed by atoms with Gasteiger partial charge in [0.15, 0.2) is 0 Å². The first-order valence-electron chi connectivity index (χ1n) is 11.0. The molecule has 0 aliphatic rings. The first-order valence-corrected chi connectivity index (χ1v) is 12.4. The minimum absolute atomic E-state index is 0. The normalized spacial score (nSPS) is 11.2. The van der Waals surface area contributed by atoms with E-state index in [-0.39, 0.29) is 67.8 Å². The molecule has 0 aliphatic heterocycles.